The number of carbonyl (C=O) groups excluding carboxylic acids is 1. The smallest absolute Gasteiger partial charge is 0.352 e. The zero-order valence-corrected chi connectivity index (χ0v) is 12.8. The molecular weight excluding hydrogens is 315 g/mol. The van der Waals surface area contributed by atoms with Crippen molar-refractivity contribution in [3.05, 3.63) is 50.8 Å². The van der Waals surface area contributed by atoms with E-state index >= 15 is 0 Å². The Morgan fingerprint density at radius 1 is 1.24 bits per heavy atom. The molecule has 0 fully saturated rings. The van der Waals surface area contributed by atoms with E-state index in [0.717, 1.165) is 0 Å². The number of amides is 1. The maximum Gasteiger partial charge on any atom is 0.352 e. The first-order valence-electron chi connectivity index (χ1n) is 6.00. The molecule has 1 aromatic heterocycles. The van der Waals surface area contributed by atoms with E-state index in [1.165, 1.54) is 6.07 Å². The second-order valence-electron chi connectivity index (χ2n) is 4.51. The van der Waals surface area contributed by atoms with Gasteiger partial charge in [0.25, 0.3) is 5.91 Å². The molecule has 0 spiro atoms. The van der Waals surface area contributed by atoms with Gasteiger partial charge in [-0.3, -0.25) is 4.79 Å². The van der Waals surface area contributed by atoms with Crippen LogP contribution in [0.2, 0.25) is 10.0 Å². The minimum atomic E-state index is -1.11. The SMILES string of the molecule is Cc1[nH]c(C(=O)O)c(C)c1C(=O)Nc1ccc(Cl)cc1Cl. The lowest BCUT2D eigenvalue weighted by atomic mass is 10.1. The predicted octanol–water partition coefficient (Wildman–Crippen LogP) is 3.89. The van der Waals surface area contributed by atoms with Gasteiger partial charge in [-0.2, -0.15) is 0 Å². The van der Waals surface area contributed by atoms with Crippen molar-refractivity contribution in [3.63, 3.8) is 0 Å². The van der Waals surface area contributed by atoms with Crippen molar-refractivity contribution < 1.29 is 14.7 Å². The lowest BCUT2D eigenvalue weighted by molar-refractivity contribution is 0.0690. The largest absolute Gasteiger partial charge is 0.477 e. The molecule has 5 nitrogen and oxygen atoms in total. The molecule has 1 heterocycles. The summed E-state index contributed by atoms with van der Waals surface area (Å²) in [5.41, 5.74) is 1.55. The number of aromatic nitrogens is 1. The van der Waals surface area contributed by atoms with Gasteiger partial charge < -0.3 is 15.4 Å². The molecule has 0 bridgehead atoms. The number of benzene rings is 1. The van der Waals surface area contributed by atoms with Gasteiger partial charge in [-0.15, -0.1) is 0 Å². The predicted molar refractivity (Wildman–Crippen MR) is 81.6 cm³/mol. The number of H-pyrrole nitrogens is 1. The molecule has 0 aliphatic rings. The molecule has 0 aliphatic carbocycles. The van der Waals surface area contributed by atoms with Crippen LogP contribution in [0.1, 0.15) is 32.1 Å². The van der Waals surface area contributed by atoms with E-state index in [1.54, 1.807) is 26.0 Å². The van der Waals surface area contributed by atoms with Crippen LogP contribution in [0.4, 0.5) is 5.69 Å². The lowest BCUT2D eigenvalue weighted by Gasteiger charge is -2.08. The normalized spacial score (nSPS) is 10.5. The molecule has 0 radical (unpaired) electrons. The topological polar surface area (TPSA) is 82.2 Å². The fraction of sp³-hybridized carbons (Fsp3) is 0.143. The van der Waals surface area contributed by atoms with Crippen LogP contribution in [0, 0.1) is 13.8 Å². The third-order valence-electron chi connectivity index (χ3n) is 3.06. The van der Waals surface area contributed by atoms with Gasteiger partial charge in [0.2, 0.25) is 0 Å². The number of carboxylic acids is 1. The summed E-state index contributed by atoms with van der Waals surface area (Å²) in [5.74, 6) is -1.54. The number of halogens is 2. The minimum Gasteiger partial charge on any atom is -0.477 e. The first-order chi connectivity index (χ1) is 9.81. The molecule has 0 unspecified atom stereocenters. The molecule has 7 heteroatoms. The van der Waals surface area contributed by atoms with E-state index < -0.39 is 11.9 Å². The molecule has 2 rings (SSSR count). The first-order valence-corrected chi connectivity index (χ1v) is 6.75. The highest BCUT2D eigenvalue weighted by Crippen LogP contribution is 2.27. The maximum absolute atomic E-state index is 12.3. The van der Waals surface area contributed by atoms with Crippen molar-refractivity contribution in [2.75, 3.05) is 5.32 Å². The van der Waals surface area contributed by atoms with Crippen LogP contribution in [0.15, 0.2) is 18.2 Å². The van der Waals surface area contributed by atoms with Gasteiger partial charge >= 0.3 is 5.97 Å². The van der Waals surface area contributed by atoms with E-state index in [1.807, 2.05) is 0 Å². The highest BCUT2D eigenvalue weighted by Gasteiger charge is 2.22. The number of nitrogens with one attached hydrogen (secondary N) is 2. The number of hydrogen-bond donors (Lipinski definition) is 3. The number of hydrogen-bond acceptors (Lipinski definition) is 2. The first kappa shape index (κ1) is 15.4. The molecule has 0 atom stereocenters. The maximum atomic E-state index is 12.3. The van der Waals surface area contributed by atoms with Crippen molar-refractivity contribution in [1.82, 2.24) is 4.98 Å². The fourth-order valence-corrected chi connectivity index (χ4v) is 2.54. The van der Waals surface area contributed by atoms with Gasteiger partial charge in [-0.25, -0.2) is 4.79 Å². The van der Waals surface area contributed by atoms with Crippen molar-refractivity contribution in [2.45, 2.75) is 13.8 Å². The zero-order chi connectivity index (χ0) is 15.7. The number of rotatable bonds is 3. The average Bonchev–Trinajstić information content (AvgIpc) is 2.68. The molecule has 110 valence electrons. The molecule has 1 aromatic carbocycles. The van der Waals surface area contributed by atoms with E-state index in [2.05, 4.69) is 10.3 Å². The summed E-state index contributed by atoms with van der Waals surface area (Å²) in [4.78, 5) is 26.1. The van der Waals surface area contributed by atoms with E-state index in [9.17, 15) is 9.59 Å². The van der Waals surface area contributed by atoms with E-state index in [0.29, 0.717) is 32.6 Å². The van der Waals surface area contributed by atoms with E-state index in [4.69, 9.17) is 28.3 Å². The molecule has 3 N–H and O–H groups in total. The standard InChI is InChI=1S/C14H12Cl2N2O3/c1-6-11(7(2)17-12(6)14(20)21)13(19)18-10-4-3-8(15)5-9(10)16/h3-5,17H,1-2H3,(H,18,19)(H,20,21). The fourth-order valence-electron chi connectivity index (χ4n) is 2.08. The van der Waals surface area contributed by atoms with Crippen LogP contribution in [-0.4, -0.2) is 22.0 Å². The zero-order valence-electron chi connectivity index (χ0n) is 11.3. The van der Waals surface area contributed by atoms with Crippen LogP contribution < -0.4 is 5.32 Å². The molecule has 2 aromatic rings. The van der Waals surface area contributed by atoms with Crippen molar-refractivity contribution in [1.29, 1.82) is 0 Å². The van der Waals surface area contributed by atoms with Gasteiger partial charge in [0.05, 0.1) is 16.3 Å². The summed E-state index contributed by atoms with van der Waals surface area (Å²) in [6.07, 6.45) is 0. The van der Waals surface area contributed by atoms with Gasteiger partial charge in [0.1, 0.15) is 5.69 Å². The summed E-state index contributed by atoms with van der Waals surface area (Å²) in [6.45, 7) is 3.21. The number of carbonyl (C=O) groups is 2. The minimum absolute atomic E-state index is 0.000136. The van der Waals surface area contributed by atoms with Crippen LogP contribution in [-0.2, 0) is 0 Å². The van der Waals surface area contributed by atoms with Crippen LogP contribution in [0.3, 0.4) is 0 Å². The molecular formula is C14H12Cl2N2O3. The Hall–Kier alpha value is -1.98. The Morgan fingerprint density at radius 3 is 2.43 bits per heavy atom. The Labute approximate surface area is 130 Å². The highest BCUT2D eigenvalue weighted by molar-refractivity contribution is 6.36. The number of anilines is 1. The van der Waals surface area contributed by atoms with Crippen molar-refractivity contribution in [2.24, 2.45) is 0 Å². The molecule has 0 aliphatic heterocycles. The molecule has 1 amide bonds. The van der Waals surface area contributed by atoms with E-state index in [-0.39, 0.29) is 5.69 Å². The number of carboxylic acid groups (broad SMARTS) is 1. The van der Waals surface area contributed by atoms with Crippen LogP contribution in [0.5, 0.6) is 0 Å². The Bertz CT molecular complexity index is 738. The Morgan fingerprint density at radius 2 is 1.90 bits per heavy atom. The Kier molecular flexibility index (Phi) is 4.25. The molecule has 0 saturated heterocycles. The second-order valence-corrected chi connectivity index (χ2v) is 5.35. The number of aromatic amines is 1. The molecule has 0 saturated carbocycles. The summed E-state index contributed by atoms with van der Waals surface area (Å²) in [7, 11) is 0. The third kappa shape index (κ3) is 3.04. The number of aryl methyl sites for hydroxylation is 1. The summed E-state index contributed by atoms with van der Waals surface area (Å²) in [6, 6.07) is 4.69. The molecule has 21 heavy (non-hydrogen) atoms. The monoisotopic (exact) mass is 326 g/mol. The third-order valence-corrected chi connectivity index (χ3v) is 3.61. The van der Waals surface area contributed by atoms with Gasteiger partial charge in [0, 0.05) is 10.7 Å². The summed E-state index contributed by atoms with van der Waals surface area (Å²) < 4.78 is 0. The lowest BCUT2D eigenvalue weighted by Crippen LogP contribution is -2.14. The van der Waals surface area contributed by atoms with Gasteiger partial charge in [0.15, 0.2) is 0 Å². The van der Waals surface area contributed by atoms with Crippen molar-refractivity contribution >= 4 is 40.8 Å². The summed E-state index contributed by atoms with van der Waals surface area (Å²) >= 11 is 11.8. The average molecular weight is 327 g/mol. The second kappa shape index (κ2) is 5.79. The quantitative estimate of drug-likeness (QED) is 0.800. The van der Waals surface area contributed by atoms with Gasteiger partial charge in [-0.05, 0) is 37.6 Å². The van der Waals surface area contributed by atoms with Crippen LogP contribution >= 0.6 is 23.2 Å². The van der Waals surface area contributed by atoms with Crippen molar-refractivity contribution in [3.8, 4) is 0 Å². The summed E-state index contributed by atoms with van der Waals surface area (Å²) in [5, 5.41) is 12.5. The Balaban J connectivity index is 2.35. The highest BCUT2D eigenvalue weighted by atomic mass is 35.5. The van der Waals surface area contributed by atoms with Gasteiger partial charge in [-0.1, -0.05) is 23.2 Å². The van der Waals surface area contributed by atoms with Crippen LogP contribution in [0.25, 0.3) is 0 Å². The number of aromatic carboxylic acids is 1.